The highest BCUT2D eigenvalue weighted by Gasteiger charge is 2.24. The van der Waals surface area contributed by atoms with Crippen LogP contribution in [0.5, 0.6) is 11.5 Å². The van der Waals surface area contributed by atoms with E-state index < -0.39 is 17.1 Å². The largest absolute Gasteiger partial charge is 0.497 e. The van der Waals surface area contributed by atoms with Crippen LogP contribution < -0.4 is 25.4 Å². The number of carbonyl (C=O) groups is 3. The average molecular weight is 741 g/mol. The molecule has 1 heterocycles. The van der Waals surface area contributed by atoms with Gasteiger partial charge in [-0.1, -0.05) is 72.8 Å². The van der Waals surface area contributed by atoms with Crippen LogP contribution in [-0.4, -0.2) is 36.4 Å². The van der Waals surface area contributed by atoms with Crippen molar-refractivity contribution >= 4 is 57.7 Å². The van der Waals surface area contributed by atoms with E-state index in [9.17, 15) is 14.4 Å². The fourth-order valence-corrected chi connectivity index (χ4v) is 6.95. The summed E-state index contributed by atoms with van der Waals surface area (Å²) in [6.07, 6.45) is 1.61. The van der Waals surface area contributed by atoms with Gasteiger partial charge in [0, 0.05) is 27.1 Å². The minimum Gasteiger partial charge on any atom is -0.497 e. The lowest BCUT2D eigenvalue weighted by atomic mass is 10.1. The highest BCUT2D eigenvalue weighted by atomic mass is 32.2. The van der Waals surface area contributed by atoms with Crippen molar-refractivity contribution in [2.75, 3.05) is 24.4 Å². The molecular weight excluding hydrogens is 705 g/mol. The number of thioether (sulfide) groups is 1. The van der Waals surface area contributed by atoms with E-state index in [0.29, 0.717) is 34.3 Å². The molecule has 9 nitrogen and oxygen atoms in total. The van der Waals surface area contributed by atoms with Crippen LogP contribution in [0.4, 0.5) is 10.8 Å². The molecule has 0 aliphatic rings. The molecular formula is C42H36N4O5S2. The van der Waals surface area contributed by atoms with Gasteiger partial charge in [-0.15, -0.1) is 23.1 Å². The van der Waals surface area contributed by atoms with Crippen LogP contribution in [0.1, 0.15) is 33.7 Å². The first-order valence-electron chi connectivity index (χ1n) is 16.7. The van der Waals surface area contributed by atoms with E-state index in [1.165, 1.54) is 23.1 Å². The number of hydrogen-bond donors (Lipinski definition) is 3. The Bertz CT molecular complexity index is 2190. The summed E-state index contributed by atoms with van der Waals surface area (Å²) in [4.78, 5) is 45.9. The maximum absolute atomic E-state index is 13.8. The van der Waals surface area contributed by atoms with Crippen LogP contribution in [0, 0.1) is 0 Å². The fraction of sp³-hybridized carbons (Fsp3) is 0.0952. The third kappa shape index (κ3) is 10.0. The molecule has 0 fully saturated rings. The average Bonchev–Trinajstić information content (AvgIpc) is 3.67. The zero-order valence-electron chi connectivity index (χ0n) is 28.9. The quantitative estimate of drug-likeness (QED) is 0.0753. The molecule has 11 heteroatoms. The minimum atomic E-state index is -0.585. The lowest BCUT2D eigenvalue weighted by molar-refractivity contribution is -0.116. The Morgan fingerprint density at radius 3 is 2.23 bits per heavy atom. The highest BCUT2D eigenvalue weighted by Crippen LogP contribution is 2.37. The third-order valence-corrected chi connectivity index (χ3v) is 9.86. The molecule has 1 atom stereocenters. The zero-order chi connectivity index (χ0) is 37.0. The molecule has 0 spiro atoms. The summed E-state index contributed by atoms with van der Waals surface area (Å²) in [5.41, 5.74) is 4.16. The summed E-state index contributed by atoms with van der Waals surface area (Å²) in [5, 5.41) is 10.5. The van der Waals surface area contributed by atoms with E-state index in [-0.39, 0.29) is 11.6 Å². The monoisotopic (exact) mass is 740 g/mol. The van der Waals surface area contributed by atoms with Crippen LogP contribution >= 0.6 is 23.1 Å². The number of methoxy groups -OCH3 is 1. The van der Waals surface area contributed by atoms with Gasteiger partial charge in [-0.05, 0) is 84.8 Å². The summed E-state index contributed by atoms with van der Waals surface area (Å²) >= 11 is 2.73. The molecule has 6 aromatic rings. The number of amides is 3. The van der Waals surface area contributed by atoms with E-state index in [0.717, 1.165) is 27.5 Å². The first-order chi connectivity index (χ1) is 25.9. The van der Waals surface area contributed by atoms with E-state index in [2.05, 4.69) is 20.9 Å². The maximum Gasteiger partial charge on any atom is 0.272 e. The standard InChI is InChI=1S/C42H36N4O5S2/c1-3-51-33-21-17-28(18-22-33)25-36(44-39(47)30-13-8-5-9-14-30)40(48)43-32-19-23-35(24-20-32)53-38(29-11-6-4-7-12-29)41(49)46-42-45-37(27-52-42)31-15-10-16-34(26-31)50-2/h4-27,38H,3H2,1-2H3,(H,43,48)(H,44,47)(H,45,46,49)/b36-25-. The lowest BCUT2D eigenvalue weighted by Gasteiger charge is -2.17. The van der Waals surface area contributed by atoms with Gasteiger partial charge in [0.2, 0.25) is 5.91 Å². The van der Waals surface area contributed by atoms with Gasteiger partial charge < -0.3 is 25.4 Å². The number of nitrogens with zero attached hydrogens (tertiary/aromatic N) is 1. The van der Waals surface area contributed by atoms with E-state index >= 15 is 0 Å². The smallest absolute Gasteiger partial charge is 0.272 e. The highest BCUT2D eigenvalue weighted by molar-refractivity contribution is 8.00. The second-order valence-corrected chi connectivity index (χ2v) is 13.6. The van der Waals surface area contributed by atoms with Crippen molar-refractivity contribution in [3.8, 4) is 22.8 Å². The number of nitrogens with one attached hydrogen (secondary N) is 3. The molecule has 3 amide bonds. The zero-order valence-corrected chi connectivity index (χ0v) is 30.6. The van der Waals surface area contributed by atoms with Gasteiger partial charge >= 0.3 is 0 Å². The van der Waals surface area contributed by atoms with E-state index in [4.69, 9.17) is 9.47 Å². The summed E-state index contributed by atoms with van der Waals surface area (Å²) in [6, 6.07) is 40.3. The SMILES string of the molecule is CCOc1ccc(/C=C(\NC(=O)c2ccccc2)C(=O)Nc2ccc(SC(C(=O)Nc3nc(-c4cccc(OC)c4)cs3)c3ccccc3)cc2)cc1. The molecule has 5 aromatic carbocycles. The molecule has 1 unspecified atom stereocenters. The van der Waals surface area contributed by atoms with Crippen molar-refractivity contribution in [3.63, 3.8) is 0 Å². The Labute approximate surface area is 316 Å². The molecule has 0 bridgehead atoms. The van der Waals surface area contributed by atoms with Crippen molar-refractivity contribution in [2.45, 2.75) is 17.1 Å². The summed E-state index contributed by atoms with van der Waals surface area (Å²) in [6.45, 7) is 2.44. The minimum absolute atomic E-state index is 0.0685. The number of hydrogen-bond acceptors (Lipinski definition) is 8. The molecule has 53 heavy (non-hydrogen) atoms. The van der Waals surface area contributed by atoms with Gasteiger partial charge in [-0.3, -0.25) is 14.4 Å². The van der Waals surface area contributed by atoms with Gasteiger partial charge in [-0.2, -0.15) is 0 Å². The first-order valence-corrected chi connectivity index (χ1v) is 18.5. The van der Waals surface area contributed by atoms with Crippen molar-refractivity contribution in [3.05, 3.63) is 161 Å². The predicted octanol–water partition coefficient (Wildman–Crippen LogP) is 9.10. The normalized spacial score (nSPS) is 11.6. The number of aromatic nitrogens is 1. The van der Waals surface area contributed by atoms with Gasteiger partial charge in [0.25, 0.3) is 11.8 Å². The Morgan fingerprint density at radius 2 is 1.53 bits per heavy atom. The molecule has 0 saturated heterocycles. The van der Waals surface area contributed by atoms with Gasteiger partial charge in [0.15, 0.2) is 5.13 Å². The molecule has 0 saturated carbocycles. The number of rotatable bonds is 14. The second kappa shape index (κ2) is 17.9. The van der Waals surface area contributed by atoms with E-state index in [1.807, 2.05) is 97.2 Å². The van der Waals surface area contributed by atoms with Crippen LogP contribution in [0.2, 0.25) is 0 Å². The summed E-state index contributed by atoms with van der Waals surface area (Å²) in [7, 11) is 1.62. The van der Waals surface area contributed by atoms with E-state index in [1.54, 1.807) is 61.7 Å². The van der Waals surface area contributed by atoms with Crippen LogP contribution in [0.15, 0.2) is 149 Å². The number of benzene rings is 5. The lowest BCUT2D eigenvalue weighted by Crippen LogP contribution is -2.30. The summed E-state index contributed by atoms with van der Waals surface area (Å²) in [5.74, 6) is 0.299. The Hall–Kier alpha value is -6.17. The molecule has 0 aliphatic heterocycles. The molecule has 0 radical (unpaired) electrons. The Balaban J connectivity index is 1.17. The summed E-state index contributed by atoms with van der Waals surface area (Å²) < 4.78 is 10.9. The number of carbonyl (C=O) groups excluding carboxylic acids is 3. The van der Waals surface area contributed by atoms with Crippen LogP contribution in [-0.2, 0) is 9.59 Å². The predicted molar refractivity (Wildman–Crippen MR) is 212 cm³/mol. The van der Waals surface area contributed by atoms with Crippen LogP contribution in [0.25, 0.3) is 17.3 Å². The second-order valence-electron chi connectivity index (χ2n) is 11.5. The third-order valence-electron chi connectivity index (χ3n) is 7.84. The molecule has 3 N–H and O–H groups in total. The topological polar surface area (TPSA) is 119 Å². The molecule has 1 aromatic heterocycles. The fourth-order valence-electron chi connectivity index (χ4n) is 5.21. The van der Waals surface area contributed by atoms with Gasteiger partial charge in [-0.25, -0.2) is 4.98 Å². The molecule has 0 aliphatic carbocycles. The van der Waals surface area contributed by atoms with Crippen molar-refractivity contribution in [1.82, 2.24) is 10.3 Å². The van der Waals surface area contributed by atoms with Crippen molar-refractivity contribution in [2.24, 2.45) is 0 Å². The number of anilines is 2. The van der Waals surface area contributed by atoms with Crippen LogP contribution in [0.3, 0.4) is 0 Å². The number of ether oxygens (including phenoxy) is 2. The van der Waals surface area contributed by atoms with Crippen molar-refractivity contribution < 1.29 is 23.9 Å². The number of thiazole rings is 1. The molecule has 266 valence electrons. The Kier molecular flexibility index (Phi) is 12.3. The van der Waals surface area contributed by atoms with Crippen molar-refractivity contribution in [1.29, 1.82) is 0 Å². The van der Waals surface area contributed by atoms with Gasteiger partial charge in [0.1, 0.15) is 22.4 Å². The Morgan fingerprint density at radius 1 is 0.811 bits per heavy atom. The maximum atomic E-state index is 13.8. The first kappa shape index (κ1) is 36.6. The van der Waals surface area contributed by atoms with Gasteiger partial charge in [0.05, 0.1) is 19.4 Å². The molecule has 6 rings (SSSR count).